The van der Waals surface area contributed by atoms with Gasteiger partial charge in [0.1, 0.15) is 0 Å². The molecule has 0 atom stereocenters. The molecule has 34 heavy (non-hydrogen) atoms. The van der Waals surface area contributed by atoms with E-state index in [0.717, 1.165) is 18.4 Å². The summed E-state index contributed by atoms with van der Waals surface area (Å²) < 4.78 is 31.5. The van der Waals surface area contributed by atoms with Crippen molar-refractivity contribution in [3.8, 4) is 0 Å². The fourth-order valence-electron chi connectivity index (χ4n) is 3.69. The molecule has 4 rings (SSSR count). The molecule has 1 aliphatic rings. The lowest BCUT2D eigenvalue weighted by atomic mass is 10.1. The van der Waals surface area contributed by atoms with Crippen LogP contribution in [0.2, 0.25) is 0 Å². The number of benzene rings is 2. The number of Topliss-reactive ketones (excluding diaryl/α,β-unsaturated/α-hetero) is 1. The average Bonchev–Trinajstić information content (AvgIpc) is 3.53. The molecule has 0 radical (unpaired) electrons. The SMILES string of the molecule is O=C(CCNC(=O)c1n[nH]c2ccccc12)OCC(=O)c1ccc(S(=O)(=O)N2CCCC2)cc1. The highest BCUT2D eigenvalue weighted by Gasteiger charge is 2.27. The van der Waals surface area contributed by atoms with Gasteiger partial charge >= 0.3 is 5.97 Å². The molecule has 0 aliphatic carbocycles. The molecule has 2 heterocycles. The zero-order valence-electron chi connectivity index (χ0n) is 18.3. The number of hydrogen-bond donors (Lipinski definition) is 2. The van der Waals surface area contributed by atoms with E-state index in [1.807, 2.05) is 6.07 Å². The predicted molar refractivity (Wildman–Crippen MR) is 123 cm³/mol. The first-order valence-corrected chi connectivity index (χ1v) is 12.3. The lowest BCUT2D eigenvalue weighted by Crippen LogP contribution is -2.28. The molecule has 0 bridgehead atoms. The third-order valence-corrected chi connectivity index (χ3v) is 7.46. The van der Waals surface area contributed by atoms with Gasteiger partial charge in [-0.1, -0.05) is 18.2 Å². The van der Waals surface area contributed by atoms with Crippen LogP contribution in [-0.4, -0.2) is 66.8 Å². The monoisotopic (exact) mass is 484 g/mol. The van der Waals surface area contributed by atoms with Crippen molar-refractivity contribution < 1.29 is 27.5 Å². The summed E-state index contributed by atoms with van der Waals surface area (Å²) in [6.07, 6.45) is 1.56. The molecule has 0 spiro atoms. The van der Waals surface area contributed by atoms with Crippen LogP contribution in [0.4, 0.5) is 0 Å². The highest BCUT2D eigenvalue weighted by Crippen LogP contribution is 2.21. The van der Waals surface area contributed by atoms with E-state index in [2.05, 4.69) is 15.5 Å². The van der Waals surface area contributed by atoms with Crippen molar-refractivity contribution in [1.82, 2.24) is 19.8 Å². The Labute approximate surface area is 196 Å². The molecule has 1 aromatic heterocycles. The molecule has 1 saturated heterocycles. The predicted octanol–water partition coefficient (Wildman–Crippen LogP) is 1.89. The van der Waals surface area contributed by atoms with E-state index in [0.29, 0.717) is 18.5 Å². The second kappa shape index (κ2) is 10.1. The van der Waals surface area contributed by atoms with E-state index >= 15 is 0 Å². The number of rotatable bonds is 9. The Morgan fingerprint density at radius 2 is 1.74 bits per heavy atom. The zero-order valence-corrected chi connectivity index (χ0v) is 19.1. The fourth-order valence-corrected chi connectivity index (χ4v) is 5.21. The number of nitrogens with one attached hydrogen (secondary N) is 2. The van der Waals surface area contributed by atoms with Gasteiger partial charge in [-0.15, -0.1) is 0 Å². The summed E-state index contributed by atoms with van der Waals surface area (Å²) in [6, 6.07) is 12.8. The summed E-state index contributed by atoms with van der Waals surface area (Å²) in [5, 5.41) is 10.0. The lowest BCUT2D eigenvalue weighted by molar-refractivity contribution is -0.142. The number of carbonyl (C=O) groups is 3. The minimum atomic E-state index is -3.56. The Bertz CT molecular complexity index is 1310. The summed E-state index contributed by atoms with van der Waals surface area (Å²) in [4.78, 5) is 36.7. The number of esters is 1. The Morgan fingerprint density at radius 3 is 2.47 bits per heavy atom. The molecule has 178 valence electrons. The van der Waals surface area contributed by atoms with Gasteiger partial charge in [0, 0.05) is 30.6 Å². The second-order valence-corrected chi connectivity index (χ2v) is 9.78. The van der Waals surface area contributed by atoms with Crippen LogP contribution >= 0.6 is 0 Å². The van der Waals surface area contributed by atoms with E-state index in [4.69, 9.17) is 4.74 Å². The molecular weight excluding hydrogens is 460 g/mol. The Kier molecular flexibility index (Phi) is 7.03. The standard InChI is InChI=1S/C23H24N4O6S/c28-20(16-7-9-17(10-8-16)34(31,32)27-13-3-4-14-27)15-33-21(29)11-12-24-23(30)22-18-5-1-2-6-19(18)25-26-22/h1-2,5-10H,3-4,11-15H2,(H,24,30)(H,25,26). The third-order valence-electron chi connectivity index (χ3n) is 5.54. The molecule has 1 fully saturated rings. The van der Waals surface area contributed by atoms with Crippen LogP contribution in [0, 0.1) is 0 Å². The quantitative estimate of drug-likeness (QED) is 0.349. The number of H-pyrrole nitrogens is 1. The molecule has 1 amide bonds. The maximum atomic E-state index is 12.6. The van der Waals surface area contributed by atoms with Gasteiger partial charge in [-0.2, -0.15) is 9.40 Å². The number of ketones is 1. The molecular formula is C23H24N4O6S. The van der Waals surface area contributed by atoms with Crippen molar-refractivity contribution in [3.63, 3.8) is 0 Å². The van der Waals surface area contributed by atoms with Gasteiger partial charge in [-0.3, -0.25) is 19.5 Å². The highest BCUT2D eigenvalue weighted by atomic mass is 32.2. The number of nitrogens with zero attached hydrogens (tertiary/aromatic N) is 2. The summed E-state index contributed by atoms with van der Waals surface area (Å²) in [6.45, 7) is 0.542. The molecule has 3 aromatic rings. The van der Waals surface area contributed by atoms with Gasteiger partial charge in [-0.25, -0.2) is 8.42 Å². The van der Waals surface area contributed by atoms with Crippen LogP contribution in [0.1, 0.15) is 40.1 Å². The lowest BCUT2D eigenvalue weighted by Gasteiger charge is -2.15. The first-order chi connectivity index (χ1) is 16.4. The largest absolute Gasteiger partial charge is 0.457 e. The number of aromatic amines is 1. The van der Waals surface area contributed by atoms with Crippen molar-refractivity contribution in [2.45, 2.75) is 24.2 Å². The zero-order chi connectivity index (χ0) is 24.1. The summed E-state index contributed by atoms with van der Waals surface area (Å²) >= 11 is 0. The van der Waals surface area contributed by atoms with Crippen molar-refractivity contribution in [3.05, 3.63) is 59.8 Å². The summed E-state index contributed by atoms with van der Waals surface area (Å²) in [5.74, 6) is -1.52. The minimum Gasteiger partial charge on any atom is -0.457 e. The van der Waals surface area contributed by atoms with Gasteiger partial charge in [0.15, 0.2) is 18.1 Å². The Hall–Kier alpha value is -3.57. The van der Waals surface area contributed by atoms with E-state index < -0.39 is 34.3 Å². The smallest absolute Gasteiger partial charge is 0.308 e. The van der Waals surface area contributed by atoms with E-state index in [9.17, 15) is 22.8 Å². The van der Waals surface area contributed by atoms with Crippen LogP contribution < -0.4 is 5.32 Å². The number of sulfonamides is 1. The molecule has 0 saturated carbocycles. The second-order valence-electron chi connectivity index (χ2n) is 7.84. The number of para-hydroxylation sites is 1. The number of carbonyl (C=O) groups excluding carboxylic acids is 3. The number of ether oxygens (including phenoxy) is 1. The highest BCUT2D eigenvalue weighted by molar-refractivity contribution is 7.89. The molecule has 2 aromatic carbocycles. The number of amides is 1. The van der Waals surface area contributed by atoms with E-state index in [1.54, 1.807) is 18.2 Å². The van der Waals surface area contributed by atoms with Crippen LogP contribution in [0.25, 0.3) is 10.9 Å². The van der Waals surface area contributed by atoms with Gasteiger partial charge < -0.3 is 10.1 Å². The normalized spacial score (nSPS) is 14.2. The van der Waals surface area contributed by atoms with Crippen molar-refractivity contribution in [2.24, 2.45) is 0 Å². The number of hydrogen-bond acceptors (Lipinski definition) is 7. The summed E-state index contributed by atoms with van der Waals surface area (Å²) in [7, 11) is -3.56. The number of fused-ring (bicyclic) bond motifs is 1. The molecule has 11 heteroatoms. The van der Waals surface area contributed by atoms with Crippen LogP contribution in [0.3, 0.4) is 0 Å². The maximum Gasteiger partial charge on any atom is 0.308 e. The Morgan fingerprint density at radius 1 is 1.03 bits per heavy atom. The van der Waals surface area contributed by atoms with Gasteiger partial charge in [0.05, 0.1) is 16.8 Å². The van der Waals surface area contributed by atoms with Crippen molar-refractivity contribution >= 4 is 38.6 Å². The van der Waals surface area contributed by atoms with Gasteiger partial charge in [-0.05, 0) is 43.2 Å². The first-order valence-electron chi connectivity index (χ1n) is 10.9. The van der Waals surface area contributed by atoms with Gasteiger partial charge in [0.25, 0.3) is 5.91 Å². The van der Waals surface area contributed by atoms with E-state index in [-0.39, 0.29) is 29.1 Å². The van der Waals surface area contributed by atoms with Crippen LogP contribution in [-0.2, 0) is 19.6 Å². The Balaban J connectivity index is 1.23. The van der Waals surface area contributed by atoms with Gasteiger partial charge in [0.2, 0.25) is 10.0 Å². The molecule has 10 nitrogen and oxygen atoms in total. The first kappa shape index (κ1) is 23.6. The molecule has 0 unspecified atom stereocenters. The average molecular weight is 485 g/mol. The fraction of sp³-hybridized carbons (Fsp3) is 0.304. The maximum absolute atomic E-state index is 12.6. The minimum absolute atomic E-state index is 0.0239. The van der Waals surface area contributed by atoms with Crippen LogP contribution in [0.15, 0.2) is 53.4 Å². The van der Waals surface area contributed by atoms with E-state index in [1.165, 1.54) is 28.6 Å². The summed E-state index contributed by atoms with van der Waals surface area (Å²) in [5.41, 5.74) is 1.20. The third kappa shape index (κ3) is 5.15. The topological polar surface area (TPSA) is 139 Å². The number of aromatic nitrogens is 2. The van der Waals surface area contributed by atoms with Crippen molar-refractivity contribution in [1.29, 1.82) is 0 Å². The van der Waals surface area contributed by atoms with Crippen LogP contribution in [0.5, 0.6) is 0 Å². The van der Waals surface area contributed by atoms with Crippen molar-refractivity contribution in [2.75, 3.05) is 26.2 Å². The molecule has 2 N–H and O–H groups in total. The molecule has 1 aliphatic heterocycles.